The minimum Gasteiger partial charge on any atom is -0.507 e. The lowest BCUT2D eigenvalue weighted by Gasteiger charge is -2.12. The van der Waals surface area contributed by atoms with Crippen molar-refractivity contribution in [3.05, 3.63) is 107 Å². The van der Waals surface area contributed by atoms with Crippen LogP contribution in [0, 0.1) is 11.6 Å². The van der Waals surface area contributed by atoms with Gasteiger partial charge in [0, 0.05) is 29.9 Å². The number of aromatic nitrogens is 3. The molecule has 0 spiro atoms. The standard InChI is InChI=1S/C24H19F2N5O3/c25-18-7-17(8-19(26)9-18)23(33)30-20-5-6-21(22(32)10-20)24(34)28-11-15-3-1-2-4-16(15)12-31-14-27-13-29-31/h1-10,13-14,32H,11-12H2,(H,28,34)(H,30,33). The van der Waals surface area contributed by atoms with Gasteiger partial charge in [-0.2, -0.15) is 5.10 Å². The largest absolute Gasteiger partial charge is 0.507 e. The number of halogens is 2. The Labute approximate surface area is 192 Å². The number of aromatic hydroxyl groups is 1. The number of nitrogens with zero attached hydrogens (tertiary/aromatic N) is 3. The van der Waals surface area contributed by atoms with E-state index in [0.717, 1.165) is 23.3 Å². The normalized spacial score (nSPS) is 10.6. The zero-order valence-electron chi connectivity index (χ0n) is 17.7. The second-order valence-electron chi connectivity index (χ2n) is 7.39. The molecule has 0 aliphatic carbocycles. The first-order chi connectivity index (χ1) is 16.4. The Morgan fingerprint density at radius 2 is 1.68 bits per heavy atom. The third-order valence-electron chi connectivity index (χ3n) is 4.98. The average molecular weight is 463 g/mol. The Hall–Kier alpha value is -4.60. The van der Waals surface area contributed by atoms with E-state index in [-0.39, 0.29) is 29.1 Å². The van der Waals surface area contributed by atoms with Crippen LogP contribution < -0.4 is 10.6 Å². The molecule has 3 N–H and O–H groups in total. The highest BCUT2D eigenvalue weighted by Gasteiger charge is 2.15. The van der Waals surface area contributed by atoms with E-state index >= 15 is 0 Å². The van der Waals surface area contributed by atoms with Crippen LogP contribution in [0.5, 0.6) is 5.75 Å². The van der Waals surface area contributed by atoms with Crippen molar-refractivity contribution in [1.29, 1.82) is 0 Å². The average Bonchev–Trinajstić information content (AvgIpc) is 3.31. The van der Waals surface area contributed by atoms with Crippen molar-refractivity contribution in [2.45, 2.75) is 13.1 Å². The van der Waals surface area contributed by atoms with E-state index in [1.54, 1.807) is 11.0 Å². The molecule has 0 fully saturated rings. The Balaban J connectivity index is 1.41. The number of anilines is 1. The zero-order chi connectivity index (χ0) is 24.1. The first kappa shape index (κ1) is 22.6. The molecule has 0 atom stereocenters. The number of rotatable bonds is 7. The van der Waals surface area contributed by atoms with Gasteiger partial charge in [0.15, 0.2) is 0 Å². The highest BCUT2D eigenvalue weighted by atomic mass is 19.1. The van der Waals surface area contributed by atoms with E-state index in [1.165, 1.54) is 24.5 Å². The van der Waals surface area contributed by atoms with Crippen molar-refractivity contribution in [2.75, 3.05) is 5.32 Å². The molecule has 0 bridgehead atoms. The van der Waals surface area contributed by atoms with Crippen LogP contribution in [0.15, 0.2) is 73.3 Å². The molecule has 4 rings (SSSR count). The van der Waals surface area contributed by atoms with Gasteiger partial charge in [0.2, 0.25) is 0 Å². The van der Waals surface area contributed by atoms with Crippen molar-refractivity contribution >= 4 is 17.5 Å². The van der Waals surface area contributed by atoms with Gasteiger partial charge in [0.05, 0.1) is 12.1 Å². The Morgan fingerprint density at radius 1 is 0.941 bits per heavy atom. The summed E-state index contributed by atoms with van der Waals surface area (Å²) in [5, 5.41) is 19.6. The number of nitrogens with one attached hydrogen (secondary N) is 2. The summed E-state index contributed by atoms with van der Waals surface area (Å²) in [7, 11) is 0. The maximum Gasteiger partial charge on any atom is 0.255 e. The molecular formula is C24H19F2N5O3. The Bertz CT molecular complexity index is 1320. The fraction of sp³-hybridized carbons (Fsp3) is 0.0833. The Morgan fingerprint density at radius 3 is 2.35 bits per heavy atom. The predicted octanol–water partition coefficient (Wildman–Crippen LogP) is 3.49. The summed E-state index contributed by atoms with van der Waals surface area (Å²) in [6.07, 6.45) is 3.04. The first-order valence-corrected chi connectivity index (χ1v) is 10.2. The van der Waals surface area contributed by atoms with Gasteiger partial charge >= 0.3 is 0 Å². The molecular weight excluding hydrogens is 444 g/mol. The molecule has 2 amide bonds. The number of carbonyl (C=O) groups excluding carboxylic acids is 2. The van der Waals surface area contributed by atoms with Crippen LogP contribution in [0.1, 0.15) is 31.8 Å². The molecule has 0 aliphatic heterocycles. The third-order valence-corrected chi connectivity index (χ3v) is 4.98. The molecule has 3 aromatic carbocycles. The summed E-state index contributed by atoms with van der Waals surface area (Å²) in [5.74, 6) is -3.42. The third kappa shape index (κ3) is 5.41. The number of phenolic OH excluding ortho intramolecular Hbond substituents is 1. The van der Waals surface area contributed by atoms with Gasteiger partial charge in [-0.15, -0.1) is 0 Å². The monoisotopic (exact) mass is 463 g/mol. The summed E-state index contributed by atoms with van der Waals surface area (Å²) < 4.78 is 28.3. The van der Waals surface area contributed by atoms with Gasteiger partial charge in [-0.3, -0.25) is 9.59 Å². The SMILES string of the molecule is O=C(Nc1ccc(C(=O)NCc2ccccc2Cn2cncn2)c(O)c1)c1cc(F)cc(F)c1. The molecule has 172 valence electrons. The summed E-state index contributed by atoms with van der Waals surface area (Å²) >= 11 is 0. The van der Waals surface area contributed by atoms with E-state index in [2.05, 4.69) is 20.7 Å². The molecule has 34 heavy (non-hydrogen) atoms. The zero-order valence-corrected chi connectivity index (χ0v) is 17.7. The van der Waals surface area contributed by atoms with Crippen molar-refractivity contribution in [2.24, 2.45) is 0 Å². The second-order valence-corrected chi connectivity index (χ2v) is 7.39. The molecule has 0 aliphatic rings. The highest BCUT2D eigenvalue weighted by Crippen LogP contribution is 2.23. The summed E-state index contributed by atoms with van der Waals surface area (Å²) in [5.41, 5.74) is 1.76. The minimum atomic E-state index is -0.886. The summed E-state index contributed by atoms with van der Waals surface area (Å²) in [6, 6.07) is 13.9. The van der Waals surface area contributed by atoms with Crippen molar-refractivity contribution in [3.63, 3.8) is 0 Å². The number of hydrogen-bond acceptors (Lipinski definition) is 5. The first-order valence-electron chi connectivity index (χ1n) is 10.2. The molecule has 10 heteroatoms. The van der Waals surface area contributed by atoms with Crippen LogP contribution in [-0.2, 0) is 13.1 Å². The quantitative estimate of drug-likeness (QED) is 0.389. The number of phenols is 1. The molecule has 4 aromatic rings. The van der Waals surface area contributed by atoms with Gasteiger partial charge in [0.1, 0.15) is 30.0 Å². The molecule has 0 radical (unpaired) electrons. The molecule has 1 aromatic heterocycles. The topological polar surface area (TPSA) is 109 Å². The van der Waals surface area contributed by atoms with Crippen LogP contribution in [0.3, 0.4) is 0 Å². The second kappa shape index (κ2) is 9.90. The van der Waals surface area contributed by atoms with Crippen molar-refractivity contribution < 1.29 is 23.5 Å². The molecule has 0 saturated carbocycles. The number of amides is 2. The molecule has 0 saturated heterocycles. The Kier molecular flexibility index (Phi) is 6.58. The van der Waals surface area contributed by atoms with E-state index in [1.807, 2.05) is 24.3 Å². The molecule has 8 nitrogen and oxygen atoms in total. The summed E-state index contributed by atoms with van der Waals surface area (Å²) in [4.78, 5) is 28.8. The smallest absolute Gasteiger partial charge is 0.255 e. The van der Waals surface area contributed by atoms with Crippen LogP contribution in [0.2, 0.25) is 0 Å². The summed E-state index contributed by atoms with van der Waals surface area (Å²) in [6.45, 7) is 0.702. The van der Waals surface area contributed by atoms with Crippen LogP contribution in [0.4, 0.5) is 14.5 Å². The van der Waals surface area contributed by atoms with Gasteiger partial charge in [-0.05, 0) is 35.4 Å². The van der Waals surface area contributed by atoms with Crippen LogP contribution in [-0.4, -0.2) is 31.7 Å². The van der Waals surface area contributed by atoms with E-state index in [9.17, 15) is 23.5 Å². The number of hydrogen-bond donors (Lipinski definition) is 3. The maximum absolute atomic E-state index is 13.3. The van der Waals surface area contributed by atoms with Crippen molar-refractivity contribution in [1.82, 2.24) is 20.1 Å². The minimum absolute atomic E-state index is 0.00329. The lowest BCUT2D eigenvalue weighted by Crippen LogP contribution is -2.24. The number of carbonyl (C=O) groups is 2. The van der Waals surface area contributed by atoms with Gasteiger partial charge < -0.3 is 15.7 Å². The molecule has 1 heterocycles. The van der Waals surface area contributed by atoms with Crippen LogP contribution in [0.25, 0.3) is 0 Å². The van der Waals surface area contributed by atoms with E-state index < -0.39 is 23.4 Å². The maximum atomic E-state index is 13.3. The van der Waals surface area contributed by atoms with E-state index in [4.69, 9.17) is 0 Å². The fourth-order valence-electron chi connectivity index (χ4n) is 3.33. The van der Waals surface area contributed by atoms with Gasteiger partial charge in [-0.1, -0.05) is 24.3 Å². The van der Waals surface area contributed by atoms with Crippen molar-refractivity contribution in [3.8, 4) is 5.75 Å². The van der Waals surface area contributed by atoms with E-state index in [0.29, 0.717) is 12.6 Å². The van der Waals surface area contributed by atoms with Gasteiger partial charge in [-0.25, -0.2) is 18.4 Å². The predicted molar refractivity (Wildman–Crippen MR) is 119 cm³/mol. The highest BCUT2D eigenvalue weighted by molar-refractivity contribution is 6.05. The number of benzene rings is 3. The van der Waals surface area contributed by atoms with Gasteiger partial charge in [0.25, 0.3) is 11.8 Å². The molecule has 0 unspecified atom stereocenters. The van der Waals surface area contributed by atoms with Crippen LogP contribution >= 0.6 is 0 Å². The lowest BCUT2D eigenvalue weighted by atomic mass is 10.1. The lowest BCUT2D eigenvalue weighted by molar-refractivity contribution is 0.0947. The fourth-order valence-corrected chi connectivity index (χ4v) is 3.33.